The Bertz CT molecular complexity index is 544. The lowest BCUT2D eigenvalue weighted by atomic mass is 10.3. The van der Waals surface area contributed by atoms with Gasteiger partial charge < -0.3 is 5.32 Å². The van der Waals surface area contributed by atoms with E-state index >= 15 is 0 Å². The van der Waals surface area contributed by atoms with E-state index in [0.717, 1.165) is 0 Å². The van der Waals surface area contributed by atoms with Crippen LogP contribution in [0.3, 0.4) is 0 Å². The maximum atomic E-state index is 12.2. The molecule has 0 fully saturated rings. The van der Waals surface area contributed by atoms with Gasteiger partial charge in [-0.15, -0.1) is 0 Å². The van der Waals surface area contributed by atoms with E-state index in [9.17, 15) is 12.6 Å². The predicted molar refractivity (Wildman–Crippen MR) is 79.3 cm³/mol. The van der Waals surface area contributed by atoms with Crippen LogP contribution in [0.4, 0.5) is 5.69 Å². The van der Waals surface area contributed by atoms with Crippen molar-refractivity contribution in [2.75, 3.05) is 24.7 Å². The minimum absolute atomic E-state index is 0.159. The van der Waals surface area contributed by atoms with Crippen LogP contribution >= 0.6 is 0 Å². The zero-order valence-electron chi connectivity index (χ0n) is 11.3. The minimum Gasteiger partial charge on any atom is -0.384 e. The molecule has 1 rings (SSSR count). The molecule has 0 saturated carbocycles. The number of para-hydroxylation sites is 1. The summed E-state index contributed by atoms with van der Waals surface area (Å²) in [5, 5.41) is 2.79. The monoisotopic (exact) mass is 304 g/mol. The van der Waals surface area contributed by atoms with Crippen molar-refractivity contribution in [1.82, 2.24) is 4.72 Å². The van der Waals surface area contributed by atoms with Crippen LogP contribution in [0.1, 0.15) is 13.8 Å². The number of nitrogens with one attached hydrogen (secondary N) is 2. The highest BCUT2D eigenvalue weighted by atomic mass is 32.2. The van der Waals surface area contributed by atoms with Gasteiger partial charge in [-0.05, 0) is 26.0 Å². The predicted octanol–water partition coefficient (Wildman–Crippen LogP) is 1.16. The molecule has 0 radical (unpaired) electrons. The molecule has 0 spiro atoms. The summed E-state index contributed by atoms with van der Waals surface area (Å²) in [6.45, 7) is 4.45. The number of hydrogen-bond acceptors (Lipinski definition) is 4. The molecule has 0 aliphatic heterocycles. The first-order chi connectivity index (χ1) is 8.88. The lowest BCUT2D eigenvalue weighted by molar-refractivity contribution is 0.581. The summed E-state index contributed by atoms with van der Waals surface area (Å²) in [5.41, 5.74) is 0.572. The van der Waals surface area contributed by atoms with Gasteiger partial charge in [0.2, 0.25) is 10.0 Å². The van der Waals surface area contributed by atoms with Gasteiger partial charge in [-0.2, -0.15) is 0 Å². The summed E-state index contributed by atoms with van der Waals surface area (Å²) in [5.74, 6) is 0. The second kappa shape index (κ2) is 7.02. The van der Waals surface area contributed by atoms with E-state index in [1.165, 1.54) is 0 Å². The van der Waals surface area contributed by atoms with Crippen LogP contribution in [0.5, 0.6) is 0 Å². The number of rotatable bonds is 7. The first-order valence-corrected chi connectivity index (χ1v) is 9.13. The molecule has 5 nitrogen and oxygen atoms in total. The van der Waals surface area contributed by atoms with E-state index in [-0.39, 0.29) is 16.7 Å². The Morgan fingerprint density at radius 1 is 1.32 bits per heavy atom. The van der Waals surface area contributed by atoms with Crippen molar-refractivity contribution >= 4 is 26.5 Å². The van der Waals surface area contributed by atoms with E-state index in [4.69, 9.17) is 0 Å². The van der Waals surface area contributed by atoms with E-state index in [1.807, 2.05) is 6.92 Å². The Morgan fingerprint density at radius 3 is 2.53 bits per heavy atom. The van der Waals surface area contributed by atoms with Gasteiger partial charge in [-0.1, -0.05) is 12.1 Å². The molecule has 1 aromatic rings. The average molecular weight is 304 g/mol. The molecule has 108 valence electrons. The molecule has 1 aromatic carbocycles. The molecular formula is C12H20N2O3S2. The van der Waals surface area contributed by atoms with Crippen LogP contribution < -0.4 is 10.0 Å². The second-order valence-electron chi connectivity index (χ2n) is 4.19. The van der Waals surface area contributed by atoms with Crippen LogP contribution in [-0.4, -0.2) is 37.2 Å². The SMILES string of the molecule is CCNc1ccccc1S(=O)(=O)NCC(C)S(C)=O. The Labute approximate surface area is 117 Å². The highest BCUT2D eigenvalue weighted by molar-refractivity contribution is 7.89. The second-order valence-corrected chi connectivity index (χ2v) is 7.72. The van der Waals surface area contributed by atoms with Crippen molar-refractivity contribution in [3.05, 3.63) is 24.3 Å². The lowest BCUT2D eigenvalue weighted by Crippen LogP contribution is -2.33. The summed E-state index contributed by atoms with van der Waals surface area (Å²) < 4.78 is 38.1. The van der Waals surface area contributed by atoms with Crippen LogP contribution in [0, 0.1) is 0 Å². The third-order valence-electron chi connectivity index (χ3n) is 2.67. The molecule has 19 heavy (non-hydrogen) atoms. The molecule has 0 bridgehead atoms. The van der Waals surface area contributed by atoms with Crippen LogP contribution in [0.25, 0.3) is 0 Å². The molecule has 2 atom stereocenters. The molecule has 7 heteroatoms. The molecular weight excluding hydrogens is 284 g/mol. The Morgan fingerprint density at radius 2 is 1.95 bits per heavy atom. The van der Waals surface area contributed by atoms with Crippen molar-refractivity contribution in [1.29, 1.82) is 0 Å². The van der Waals surface area contributed by atoms with Gasteiger partial charge in [-0.3, -0.25) is 4.21 Å². The van der Waals surface area contributed by atoms with Crippen LogP contribution in [0.2, 0.25) is 0 Å². The summed E-state index contributed by atoms with van der Waals surface area (Å²) in [7, 11) is -4.64. The smallest absolute Gasteiger partial charge is 0.242 e. The summed E-state index contributed by atoms with van der Waals surface area (Å²) in [6.07, 6.45) is 1.56. The van der Waals surface area contributed by atoms with E-state index < -0.39 is 20.8 Å². The maximum Gasteiger partial charge on any atom is 0.242 e. The summed E-state index contributed by atoms with van der Waals surface area (Å²) in [4.78, 5) is 0.214. The lowest BCUT2D eigenvalue weighted by Gasteiger charge is -2.14. The van der Waals surface area contributed by atoms with Gasteiger partial charge in [0, 0.05) is 35.4 Å². The fourth-order valence-electron chi connectivity index (χ4n) is 1.46. The molecule has 2 unspecified atom stereocenters. The Kier molecular flexibility index (Phi) is 5.96. The Balaban J connectivity index is 2.91. The number of benzene rings is 1. The number of sulfonamides is 1. The number of anilines is 1. The maximum absolute atomic E-state index is 12.2. The molecule has 0 saturated heterocycles. The van der Waals surface area contributed by atoms with Crippen molar-refractivity contribution < 1.29 is 12.6 Å². The zero-order chi connectivity index (χ0) is 14.5. The molecule has 0 heterocycles. The van der Waals surface area contributed by atoms with Crippen molar-refractivity contribution in [3.8, 4) is 0 Å². The zero-order valence-corrected chi connectivity index (χ0v) is 13.0. The molecule has 0 aromatic heterocycles. The molecule has 0 aliphatic carbocycles. The standard InChI is InChI=1S/C12H20N2O3S2/c1-4-13-11-7-5-6-8-12(11)19(16,17)14-9-10(2)18(3)15/h5-8,10,13-14H,4,9H2,1-3H3. The van der Waals surface area contributed by atoms with Crippen molar-refractivity contribution in [2.45, 2.75) is 24.0 Å². The van der Waals surface area contributed by atoms with Crippen molar-refractivity contribution in [2.24, 2.45) is 0 Å². The van der Waals surface area contributed by atoms with E-state index in [1.54, 1.807) is 37.4 Å². The quantitative estimate of drug-likeness (QED) is 0.793. The fourth-order valence-corrected chi connectivity index (χ4v) is 3.20. The summed E-state index contributed by atoms with van der Waals surface area (Å²) in [6, 6.07) is 6.73. The minimum atomic E-state index is -3.59. The van der Waals surface area contributed by atoms with Crippen molar-refractivity contribution in [3.63, 3.8) is 0 Å². The van der Waals surface area contributed by atoms with Gasteiger partial charge in [-0.25, -0.2) is 13.1 Å². The number of hydrogen-bond donors (Lipinski definition) is 2. The molecule has 0 aliphatic rings. The van der Waals surface area contributed by atoms with E-state index in [0.29, 0.717) is 12.2 Å². The van der Waals surface area contributed by atoms with Crippen LogP contribution in [-0.2, 0) is 20.8 Å². The van der Waals surface area contributed by atoms with Gasteiger partial charge in [0.1, 0.15) is 4.90 Å². The average Bonchev–Trinajstić information content (AvgIpc) is 2.37. The highest BCUT2D eigenvalue weighted by Gasteiger charge is 2.19. The topological polar surface area (TPSA) is 75.3 Å². The van der Waals surface area contributed by atoms with Gasteiger partial charge in [0.05, 0.1) is 5.69 Å². The Hall–Kier alpha value is -0.920. The fraction of sp³-hybridized carbons (Fsp3) is 0.500. The third-order valence-corrected chi connectivity index (χ3v) is 5.45. The van der Waals surface area contributed by atoms with Crippen LogP contribution in [0.15, 0.2) is 29.2 Å². The third kappa shape index (κ3) is 4.59. The first-order valence-electron chi connectivity index (χ1n) is 6.03. The molecule has 2 N–H and O–H groups in total. The van der Waals surface area contributed by atoms with E-state index in [2.05, 4.69) is 10.0 Å². The normalized spacial score (nSPS) is 14.9. The molecule has 0 amide bonds. The largest absolute Gasteiger partial charge is 0.384 e. The first kappa shape index (κ1) is 16.1. The van der Waals surface area contributed by atoms with Gasteiger partial charge in [0.25, 0.3) is 0 Å². The highest BCUT2D eigenvalue weighted by Crippen LogP contribution is 2.20. The van der Waals surface area contributed by atoms with Gasteiger partial charge >= 0.3 is 0 Å². The summed E-state index contributed by atoms with van der Waals surface area (Å²) >= 11 is 0. The van der Waals surface area contributed by atoms with Gasteiger partial charge in [0.15, 0.2) is 0 Å².